The molecule has 1 amide bonds. The third-order valence-electron chi connectivity index (χ3n) is 2.82. The molecule has 0 atom stereocenters. The van der Waals surface area contributed by atoms with E-state index in [9.17, 15) is 4.79 Å². The van der Waals surface area contributed by atoms with Crippen LogP contribution in [0.2, 0.25) is 10.0 Å². The van der Waals surface area contributed by atoms with E-state index in [1.165, 1.54) is 11.3 Å². The van der Waals surface area contributed by atoms with Gasteiger partial charge in [-0.05, 0) is 17.5 Å². The van der Waals surface area contributed by atoms with E-state index in [0.29, 0.717) is 33.2 Å². The highest BCUT2D eigenvalue weighted by Crippen LogP contribution is 2.38. The molecule has 0 fully saturated rings. The Morgan fingerprint density at radius 2 is 1.96 bits per heavy atom. The van der Waals surface area contributed by atoms with Gasteiger partial charge in [0.05, 0.1) is 27.7 Å². The minimum Gasteiger partial charge on any atom is -0.490 e. The van der Waals surface area contributed by atoms with Gasteiger partial charge in [0.25, 0.3) is 0 Å². The van der Waals surface area contributed by atoms with Gasteiger partial charge in [-0.25, -0.2) is 4.98 Å². The van der Waals surface area contributed by atoms with E-state index in [1.807, 2.05) is 5.38 Å². The SMILES string of the molecule is CC(C)(C)COc1c(Cl)cc(-c2csc(NC(=O)CBr)n2)cc1Cl. The summed E-state index contributed by atoms with van der Waals surface area (Å²) in [6.45, 7) is 6.72. The Kier molecular flexibility index (Phi) is 6.53. The quantitative estimate of drug-likeness (QED) is 0.577. The Morgan fingerprint density at radius 1 is 1.33 bits per heavy atom. The van der Waals surface area contributed by atoms with Crippen molar-refractivity contribution in [2.45, 2.75) is 20.8 Å². The Morgan fingerprint density at radius 3 is 2.50 bits per heavy atom. The summed E-state index contributed by atoms with van der Waals surface area (Å²) in [4.78, 5) is 15.8. The summed E-state index contributed by atoms with van der Waals surface area (Å²) in [5, 5.41) is 6.13. The second kappa shape index (κ2) is 8.04. The number of amides is 1. The second-order valence-electron chi connectivity index (χ2n) is 6.34. The number of carbonyl (C=O) groups is 1. The average Bonchev–Trinajstić information content (AvgIpc) is 2.93. The predicted octanol–water partition coefficient (Wildman–Crippen LogP) is 5.88. The van der Waals surface area contributed by atoms with Crippen molar-refractivity contribution in [3.63, 3.8) is 0 Å². The number of anilines is 1. The van der Waals surface area contributed by atoms with Gasteiger partial charge in [0.2, 0.25) is 5.91 Å². The molecule has 0 bridgehead atoms. The van der Waals surface area contributed by atoms with Gasteiger partial charge in [0, 0.05) is 10.9 Å². The molecule has 0 aliphatic heterocycles. The van der Waals surface area contributed by atoms with Gasteiger partial charge in [-0.2, -0.15) is 0 Å². The number of alkyl halides is 1. The van der Waals surface area contributed by atoms with E-state index in [2.05, 4.69) is 47.0 Å². The first-order valence-corrected chi connectivity index (χ1v) is 9.89. The summed E-state index contributed by atoms with van der Waals surface area (Å²) in [6.07, 6.45) is 0. The van der Waals surface area contributed by atoms with Crippen molar-refractivity contribution in [2.75, 3.05) is 17.3 Å². The lowest BCUT2D eigenvalue weighted by Crippen LogP contribution is -2.17. The van der Waals surface area contributed by atoms with E-state index >= 15 is 0 Å². The second-order valence-corrected chi connectivity index (χ2v) is 8.57. The summed E-state index contributed by atoms with van der Waals surface area (Å²) >= 11 is 17.1. The molecular weight excluding hydrogens is 435 g/mol. The number of halogens is 3. The van der Waals surface area contributed by atoms with E-state index < -0.39 is 0 Å². The molecule has 0 saturated carbocycles. The molecule has 1 aromatic carbocycles. The van der Waals surface area contributed by atoms with Crippen LogP contribution < -0.4 is 10.1 Å². The van der Waals surface area contributed by atoms with Crippen LogP contribution in [-0.4, -0.2) is 22.8 Å². The normalized spacial score (nSPS) is 11.4. The fourth-order valence-corrected chi connectivity index (χ4v) is 3.22. The summed E-state index contributed by atoms with van der Waals surface area (Å²) in [6, 6.07) is 3.52. The number of carbonyl (C=O) groups excluding carboxylic acids is 1. The fourth-order valence-electron chi connectivity index (χ4n) is 1.75. The zero-order valence-corrected chi connectivity index (χ0v) is 17.4. The van der Waals surface area contributed by atoms with E-state index in [-0.39, 0.29) is 16.7 Å². The smallest absolute Gasteiger partial charge is 0.236 e. The molecular formula is C16H17BrCl2N2O2S. The lowest BCUT2D eigenvalue weighted by molar-refractivity contribution is -0.113. The highest BCUT2D eigenvalue weighted by Gasteiger charge is 2.17. The number of ether oxygens (including phenoxy) is 1. The number of hydrogen-bond acceptors (Lipinski definition) is 4. The zero-order valence-electron chi connectivity index (χ0n) is 13.5. The number of rotatable bonds is 5. The zero-order chi connectivity index (χ0) is 17.9. The van der Waals surface area contributed by atoms with Gasteiger partial charge in [-0.15, -0.1) is 11.3 Å². The largest absolute Gasteiger partial charge is 0.490 e. The van der Waals surface area contributed by atoms with Crippen LogP contribution in [0.5, 0.6) is 5.75 Å². The first kappa shape index (κ1) is 19.5. The standard InChI is InChI=1S/C16H17BrCl2N2O2S/c1-16(2,3)8-23-14-10(18)4-9(5-11(14)19)12-7-24-15(20-12)21-13(22)6-17/h4-5,7H,6,8H2,1-3H3,(H,20,21,22). The van der Waals surface area contributed by atoms with Crippen LogP contribution >= 0.6 is 50.5 Å². The van der Waals surface area contributed by atoms with E-state index in [1.54, 1.807) is 12.1 Å². The van der Waals surface area contributed by atoms with Crippen molar-refractivity contribution in [3.8, 4) is 17.0 Å². The van der Waals surface area contributed by atoms with Crippen LogP contribution in [0.1, 0.15) is 20.8 Å². The van der Waals surface area contributed by atoms with Crippen LogP contribution in [0.3, 0.4) is 0 Å². The van der Waals surface area contributed by atoms with Gasteiger partial charge in [-0.1, -0.05) is 59.9 Å². The van der Waals surface area contributed by atoms with Crippen LogP contribution in [0, 0.1) is 5.41 Å². The number of nitrogens with zero attached hydrogens (tertiary/aromatic N) is 1. The van der Waals surface area contributed by atoms with Crippen molar-refractivity contribution in [3.05, 3.63) is 27.6 Å². The summed E-state index contributed by atoms with van der Waals surface area (Å²) < 4.78 is 5.75. The van der Waals surface area contributed by atoms with Crippen molar-refractivity contribution >= 4 is 61.5 Å². The number of aromatic nitrogens is 1. The molecule has 4 nitrogen and oxygen atoms in total. The van der Waals surface area contributed by atoms with E-state index in [0.717, 1.165) is 5.56 Å². The topological polar surface area (TPSA) is 51.2 Å². The molecule has 1 N–H and O–H groups in total. The molecule has 0 saturated heterocycles. The molecule has 130 valence electrons. The maximum Gasteiger partial charge on any atom is 0.236 e. The Hall–Kier alpha value is -0.820. The Balaban J connectivity index is 2.22. The predicted molar refractivity (Wildman–Crippen MR) is 105 cm³/mol. The molecule has 0 unspecified atom stereocenters. The van der Waals surface area contributed by atoms with E-state index in [4.69, 9.17) is 27.9 Å². The Bertz CT molecular complexity index is 721. The summed E-state index contributed by atoms with van der Waals surface area (Å²) in [7, 11) is 0. The minimum absolute atomic E-state index is 0.00275. The van der Waals surface area contributed by atoms with Gasteiger partial charge >= 0.3 is 0 Å². The van der Waals surface area contributed by atoms with Crippen molar-refractivity contribution in [1.29, 1.82) is 0 Å². The van der Waals surface area contributed by atoms with Gasteiger partial charge in [0.1, 0.15) is 0 Å². The maximum absolute atomic E-state index is 11.4. The molecule has 0 spiro atoms. The average molecular weight is 452 g/mol. The highest BCUT2D eigenvalue weighted by atomic mass is 79.9. The Labute approximate surface area is 163 Å². The van der Waals surface area contributed by atoms with Crippen molar-refractivity contribution in [2.24, 2.45) is 5.41 Å². The summed E-state index contributed by atoms with van der Waals surface area (Å²) in [5.74, 6) is 0.318. The molecule has 2 aromatic rings. The number of thiazole rings is 1. The van der Waals surface area contributed by atoms with Gasteiger partial charge in [0.15, 0.2) is 10.9 Å². The molecule has 24 heavy (non-hydrogen) atoms. The van der Waals surface area contributed by atoms with Crippen LogP contribution in [0.25, 0.3) is 11.3 Å². The third-order valence-corrected chi connectivity index (χ3v) is 4.64. The molecule has 2 rings (SSSR count). The maximum atomic E-state index is 11.4. The van der Waals surface area contributed by atoms with Crippen molar-refractivity contribution in [1.82, 2.24) is 4.98 Å². The molecule has 1 aromatic heterocycles. The number of nitrogens with one attached hydrogen (secondary N) is 1. The first-order chi connectivity index (χ1) is 11.2. The molecule has 8 heteroatoms. The number of benzene rings is 1. The molecule has 1 heterocycles. The van der Waals surface area contributed by atoms with Crippen molar-refractivity contribution < 1.29 is 9.53 Å². The van der Waals surface area contributed by atoms with Crippen LogP contribution in [0.4, 0.5) is 5.13 Å². The lowest BCUT2D eigenvalue weighted by atomic mass is 9.99. The molecule has 0 aliphatic rings. The monoisotopic (exact) mass is 450 g/mol. The third kappa shape index (κ3) is 5.34. The van der Waals surface area contributed by atoms with Gasteiger partial charge in [-0.3, -0.25) is 4.79 Å². The van der Waals surface area contributed by atoms with Gasteiger partial charge < -0.3 is 10.1 Å². The first-order valence-electron chi connectivity index (χ1n) is 7.13. The van der Waals surface area contributed by atoms with Crippen LogP contribution in [-0.2, 0) is 4.79 Å². The molecule has 0 aliphatic carbocycles. The fraction of sp³-hybridized carbons (Fsp3) is 0.375. The number of hydrogen-bond donors (Lipinski definition) is 1. The summed E-state index contributed by atoms with van der Waals surface area (Å²) in [5.41, 5.74) is 1.46. The van der Waals surface area contributed by atoms with Crippen LogP contribution in [0.15, 0.2) is 17.5 Å². The lowest BCUT2D eigenvalue weighted by Gasteiger charge is -2.20. The molecule has 0 radical (unpaired) electrons. The minimum atomic E-state index is -0.155. The highest BCUT2D eigenvalue weighted by molar-refractivity contribution is 9.09.